The summed E-state index contributed by atoms with van der Waals surface area (Å²) in [6, 6.07) is 4.00. The van der Waals surface area contributed by atoms with Gasteiger partial charge in [-0.15, -0.1) is 0 Å². The minimum Gasteiger partial charge on any atom is -0.491 e. The van der Waals surface area contributed by atoms with Crippen molar-refractivity contribution in [2.75, 3.05) is 20.2 Å². The van der Waals surface area contributed by atoms with Crippen molar-refractivity contribution in [3.63, 3.8) is 0 Å². The average Bonchev–Trinajstić information content (AvgIpc) is 2.42. The Bertz CT molecular complexity index is 523. The summed E-state index contributed by atoms with van der Waals surface area (Å²) >= 11 is 0. The summed E-state index contributed by atoms with van der Waals surface area (Å²) in [6.07, 6.45) is -5.53. The van der Waals surface area contributed by atoms with Gasteiger partial charge in [-0.1, -0.05) is 0 Å². The standard InChI is InChI=1S/C15H19F4NO3/c1-14(2,16)13(22)20(3)8-11(21)9-23-12-6-4-10(5-7-12)15(17,18)19/h4-7,11,21H,8-9H2,1-3H3. The molecule has 0 radical (unpaired) electrons. The first-order valence-corrected chi connectivity index (χ1v) is 6.84. The van der Waals surface area contributed by atoms with Crippen LogP contribution >= 0.6 is 0 Å². The maximum absolute atomic E-state index is 13.5. The molecular formula is C15H19F4NO3. The molecule has 0 aliphatic rings. The average molecular weight is 337 g/mol. The summed E-state index contributed by atoms with van der Waals surface area (Å²) in [7, 11) is 1.34. The van der Waals surface area contributed by atoms with E-state index in [1.807, 2.05) is 0 Å². The fraction of sp³-hybridized carbons (Fsp3) is 0.533. The molecular weight excluding hydrogens is 318 g/mol. The van der Waals surface area contributed by atoms with Gasteiger partial charge in [0.15, 0.2) is 5.67 Å². The third-order valence-corrected chi connectivity index (χ3v) is 2.96. The maximum atomic E-state index is 13.5. The summed E-state index contributed by atoms with van der Waals surface area (Å²) in [5, 5.41) is 9.76. The van der Waals surface area contributed by atoms with E-state index in [1.165, 1.54) is 7.05 Å². The highest BCUT2D eigenvalue weighted by atomic mass is 19.4. The van der Waals surface area contributed by atoms with Gasteiger partial charge in [0.05, 0.1) is 5.56 Å². The zero-order chi connectivity index (χ0) is 17.8. The lowest BCUT2D eigenvalue weighted by molar-refractivity contribution is -0.142. The third kappa shape index (κ3) is 6.05. The van der Waals surface area contributed by atoms with Crippen LogP contribution in [-0.4, -0.2) is 47.9 Å². The Hall–Kier alpha value is -1.83. The van der Waals surface area contributed by atoms with E-state index in [0.717, 1.165) is 43.0 Å². The van der Waals surface area contributed by atoms with E-state index >= 15 is 0 Å². The normalized spacial score (nSPS) is 13.6. The number of ether oxygens (including phenoxy) is 1. The van der Waals surface area contributed by atoms with Crippen molar-refractivity contribution in [2.24, 2.45) is 0 Å². The number of carbonyl (C=O) groups excluding carboxylic acids is 1. The Kier molecular flexibility index (Phi) is 5.98. The van der Waals surface area contributed by atoms with E-state index in [1.54, 1.807) is 0 Å². The third-order valence-electron chi connectivity index (χ3n) is 2.96. The number of benzene rings is 1. The van der Waals surface area contributed by atoms with Gasteiger partial charge in [-0.3, -0.25) is 4.79 Å². The van der Waals surface area contributed by atoms with Gasteiger partial charge in [0.1, 0.15) is 18.5 Å². The highest BCUT2D eigenvalue weighted by Gasteiger charge is 2.31. The number of aliphatic hydroxyl groups is 1. The predicted molar refractivity (Wildman–Crippen MR) is 75.8 cm³/mol. The molecule has 1 aromatic carbocycles. The minimum atomic E-state index is -4.43. The summed E-state index contributed by atoms with van der Waals surface area (Å²) in [4.78, 5) is 12.6. The van der Waals surface area contributed by atoms with Crippen molar-refractivity contribution in [2.45, 2.75) is 31.8 Å². The van der Waals surface area contributed by atoms with Gasteiger partial charge in [0.2, 0.25) is 0 Å². The van der Waals surface area contributed by atoms with Crippen molar-refractivity contribution < 1.29 is 32.2 Å². The lowest BCUT2D eigenvalue weighted by Crippen LogP contribution is -2.44. The molecule has 0 spiro atoms. The first-order valence-electron chi connectivity index (χ1n) is 6.84. The fourth-order valence-corrected chi connectivity index (χ4v) is 1.84. The van der Waals surface area contributed by atoms with Crippen LogP contribution in [0.25, 0.3) is 0 Å². The molecule has 0 bridgehead atoms. The molecule has 1 atom stereocenters. The highest BCUT2D eigenvalue weighted by molar-refractivity contribution is 5.83. The SMILES string of the molecule is CN(CC(O)COc1ccc(C(F)(F)F)cc1)C(=O)C(C)(C)F. The zero-order valence-electron chi connectivity index (χ0n) is 13.0. The number of hydrogen-bond acceptors (Lipinski definition) is 3. The first kappa shape index (κ1) is 19.2. The van der Waals surface area contributed by atoms with Crippen molar-refractivity contribution >= 4 is 5.91 Å². The van der Waals surface area contributed by atoms with Gasteiger partial charge in [-0.2, -0.15) is 13.2 Å². The van der Waals surface area contributed by atoms with Crippen molar-refractivity contribution in [3.8, 4) is 5.75 Å². The Balaban J connectivity index is 2.50. The first-order chi connectivity index (χ1) is 10.4. The number of rotatable bonds is 6. The topological polar surface area (TPSA) is 49.8 Å². The second kappa shape index (κ2) is 7.16. The van der Waals surface area contributed by atoms with Crippen molar-refractivity contribution in [3.05, 3.63) is 29.8 Å². The molecule has 1 rings (SSSR count). The predicted octanol–water partition coefficient (Wildman–Crippen LogP) is 2.65. The Morgan fingerprint density at radius 2 is 1.74 bits per heavy atom. The lowest BCUT2D eigenvalue weighted by Gasteiger charge is -2.25. The molecule has 1 amide bonds. The van der Waals surface area contributed by atoms with Crippen LogP contribution in [0.3, 0.4) is 0 Å². The summed E-state index contributed by atoms with van der Waals surface area (Å²) < 4.78 is 55.8. The second-order valence-electron chi connectivity index (χ2n) is 5.65. The highest BCUT2D eigenvalue weighted by Crippen LogP contribution is 2.30. The molecule has 0 fully saturated rings. The number of halogens is 4. The monoisotopic (exact) mass is 337 g/mol. The number of aliphatic hydroxyl groups excluding tert-OH is 1. The molecule has 1 unspecified atom stereocenters. The van der Waals surface area contributed by atoms with Gasteiger partial charge in [-0.05, 0) is 38.1 Å². The zero-order valence-corrected chi connectivity index (χ0v) is 13.0. The van der Waals surface area contributed by atoms with Crippen LogP contribution in [0.15, 0.2) is 24.3 Å². The van der Waals surface area contributed by atoms with Crippen molar-refractivity contribution in [1.29, 1.82) is 0 Å². The summed E-state index contributed by atoms with van der Waals surface area (Å²) in [5.74, 6) is -0.636. The van der Waals surface area contributed by atoms with Crippen LogP contribution in [0.4, 0.5) is 17.6 Å². The Labute approximate surface area is 131 Å². The fourth-order valence-electron chi connectivity index (χ4n) is 1.84. The van der Waals surface area contributed by atoms with Gasteiger partial charge in [0.25, 0.3) is 5.91 Å². The summed E-state index contributed by atoms with van der Waals surface area (Å²) in [6.45, 7) is 1.82. The molecule has 23 heavy (non-hydrogen) atoms. The van der Waals surface area contributed by atoms with E-state index < -0.39 is 29.4 Å². The van der Waals surface area contributed by atoms with E-state index in [9.17, 15) is 27.5 Å². The summed E-state index contributed by atoms with van der Waals surface area (Å²) in [5.41, 5.74) is -2.86. The minimum absolute atomic E-state index is 0.150. The number of hydrogen-bond donors (Lipinski definition) is 1. The molecule has 0 aliphatic carbocycles. The second-order valence-corrected chi connectivity index (χ2v) is 5.65. The molecule has 1 N–H and O–H groups in total. The number of alkyl halides is 4. The quantitative estimate of drug-likeness (QED) is 0.812. The van der Waals surface area contributed by atoms with Gasteiger partial charge >= 0.3 is 6.18 Å². The smallest absolute Gasteiger partial charge is 0.416 e. The van der Waals surface area contributed by atoms with Gasteiger partial charge < -0.3 is 14.7 Å². The van der Waals surface area contributed by atoms with Gasteiger partial charge in [-0.25, -0.2) is 4.39 Å². The van der Waals surface area contributed by atoms with E-state index in [-0.39, 0.29) is 18.9 Å². The van der Waals surface area contributed by atoms with Gasteiger partial charge in [0, 0.05) is 13.6 Å². The van der Waals surface area contributed by atoms with Crippen molar-refractivity contribution in [1.82, 2.24) is 4.90 Å². The molecule has 130 valence electrons. The molecule has 0 aromatic heterocycles. The van der Waals surface area contributed by atoms with E-state index in [0.29, 0.717) is 0 Å². The Morgan fingerprint density at radius 1 is 1.22 bits per heavy atom. The number of amides is 1. The molecule has 0 saturated heterocycles. The molecule has 4 nitrogen and oxygen atoms in total. The molecule has 0 heterocycles. The number of carbonyl (C=O) groups is 1. The van der Waals surface area contributed by atoms with E-state index in [2.05, 4.69) is 0 Å². The van der Waals surface area contributed by atoms with Crippen LogP contribution < -0.4 is 4.74 Å². The van der Waals surface area contributed by atoms with Crippen LogP contribution in [0.2, 0.25) is 0 Å². The Morgan fingerprint density at radius 3 is 2.17 bits per heavy atom. The van der Waals surface area contributed by atoms with E-state index in [4.69, 9.17) is 4.74 Å². The van der Waals surface area contributed by atoms with Crippen LogP contribution in [0, 0.1) is 0 Å². The van der Waals surface area contributed by atoms with Crippen LogP contribution in [-0.2, 0) is 11.0 Å². The molecule has 0 saturated carbocycles. The molecule has 1 aromatic rings. The number of nitrogens with zero attached hydrogens (tertiary/aromatic N) is 1. The van der Waals surface area contributed by atoms with Crippen LogP contribution in [0.1, 0.15) is 19.4 Å². The molecule has 8 heteroatoms. The van der Waals surface area contributed by atoms with Crippen LogP contribution in [0.5, 0.6) is 5.75 Å². The molecule has 0 aliphatic heterocycles. The largest absolute Gasteiger partial charge is 0.491 e. The lowest BCUT2D eigenvalue weighted by atomic mass is 10.1. The maximum Gasteiger partial charge on any atom is 0.416 e. The number of likely N-dealkylation sites (N-methyl/N-ethyl adjacent to an activating group) is 1.